The molecule has 7 rings (SSSR count). The summed E-state index contributed by atoms with van der Waals surface area (Å²) in [6, 6.07) is 15.1. The maximum Gasteiger partial charge on any atom is 0.267 e. The van der Waals surface area contributed by atoms with E-state index >= 15 is 0 Å². The second-order valence-electron chi connectivity index (χ2n) is 7.92. The van der Waals surface area contributed by atoms with Crippen molar-refractivity contribution in [3.8, 4) is 46.1 Å². The van der Waals surface area contributed by atoms with Crippen LogP contribution in [-0.2, 0) is 0 Å². The number of nitrogens with zero attached hydrogens (tertiary/aromatic N) is 8. The number of fused-ring (bicyclic) bond motifs is 2. The van der Waals surface area contributed by atoms with E-state index in [9.17, 15) is 0 Å². The van der Waals surface area contributed by atoms with Crippen molar-refractivity contribution in [1.82, 2.24) is 40.3 Å². The third-order valence-electron chi connectivity index (χ3n) is 5.75. The standard InChI is InChI=1S/C26H14N8O2/c1-2-17(23-31-33-25(35-23)21-19-13-27-8-4-15(19)6-10-29-21)12-18(3-1)24-32-34-26(36-24)22-20-14-28-9-5-16(20)7-11-30-22/h1-14H. The van der Waals surface area contributed by atoms with Crippen LogP contribution in [0.1, 0.15) is 0 Å². The van der Waals surface area contributed by atoms with Crippen LogP contribution >= 0.6 is 0 Å². The lowest BCUT2D eigenvalue weighted by Crippen LogP contribution is -1.86. The highest BCUT2D eigenvalue weighted by atomic mass is 16.4. The quantitative estimate of drug-likeness (QED) is 0.346. The molecule has 7 aromatic rings. The van der Waals surface area contributed by atoms with E-state index in [1.165, 1.54) is 0 Å². The normalized spacial score (nSPS) is 11.3. The molecular formula is C26H14N8O2. The van der Waals surface area contributed by atoms with Gasteiger partial charge < -0.3 is 8.83 Å². The molecule has 0 aliphatic rings. The lowest BCUT2D eigenvalue weighted by Gasteiger charge is -2.01. The van der Waals surface area contributed by atoms with Gasteiger partial charge in [0, 0.05) is 59.1 Å². The topological polar surface area (TPSA) is 129 Å². The van der Waals surface area contributed by atoms with Gasteiger partial charge in [-0.25, -0.2) is 0 Å². The highest BCUT2D eigenvalue weighted by molar-refractivity contribution is 5.92. The van der Waals surface area contributed by atoms with Crippen LogP contribution in [0.4, 0.5) is 0 Å². The van der Waals surface area contributed by atoms with E-state index in [0.717, 1.165) is 21.5 Å². The Balaban J connectivity index is 1.24. The Morgan fingerprint density at radius 3 is 1.50 bits per heavy atom. The maximum atomic E-state index is 5.98. The molecule has 0 aliphatic heterocycles. The fraction of sp³-hybridized carbons (Fsp3) is 0. The zero-order chi connectivity index (χ0) is 23.9. The van der Waals surface area contributed by atoms with Crippen molar-refractivity contribution >= 4 is 21.5 Å². The third kappa shape index (κ3) is 3.36. The molecular weight excluding hydrogens is 456 g/mol. The van der Waals surface area contributed by atoms with Gasteiger partial charge in [0.1, 0.15) is 11.4 Å². The second kappa shape index (κ2) is 8.13. The lowest BCUT2D eigenvalue weighted by atomic mass is 10.1. The van der Waals surface area contributed by atoms with E-state index in [2.05, 4.69) is 40.3 Å². The third-order valence-corrected chi connectivity index (χ3v) is 5.75. The molecule has 0 spiro atoms. The first kappa shape index (κ1) is 20.0. The Morgan fingerprint density at radius 1 is 0.500 bits per heavy atom. The average Bonchev–Trinajstić information content (AvgIpc) is 3.63. The second-order valence-corrected chi connectivity index (χ2v) is 7.92. The monoisotopic (exact) mass is 470 g/mol. The first-order valence-electron chi connectivity index (χ1n) is 11.0. The van der Waals surface area contributed by atoms with E-state index in [0.29, 0.717) is 46.1 Å². The highest BCUT2D eigenvalue weighted by Crippen LogP contribution is 2.31. The van der Waals surface area contributed by atoms with E-state index in [1.807, 2.05) is 48.5 Å². The van der Waals surface area contributed by atoms with Crippen LogP contribution < -0.4 is 0 Å². The van der Waals surface area contributed by atoms with Crippen molar-refractivity contribution in [2.45, 2.75) is 0 Å². The zero-order valence-corrected chi connectivity index (χ0v) is 18.5. The van der Waals surface area contributed by atoms with Gasteiger partial charge in [-0.3, -0.25) is 19.9 Å². The Morgan fingerprint density at radius 2 is 0.972 bits per heavy atom. The molecule has 0 unspecified atom stereocenters. The first-order valence-corrected chi connectivity index (χ1v) is 11.0. The highest BCUT2D eigenvalue weighted by Gasteiger charge is 2.18. The minimum Gasteiger partial charge on any atom is -0.415 e. The Hall–Kier alpha value is -5.38. The molecule has 10 nitrogen and oxygen atoms in total. The van der Waals surface area contributed by atoms with Gasteiger partial charge in [0.05, 0.1) is 0 Å². The van der Waals surface area contributed by atoms with E-state index in [4.69, 9.17) is 8.83 Å². The summed E-state index contributed by atoms with van der Waals surface area (Å²) >= 11 is 0. The molecule has 0 amide bonds. The molecule has 0 N–H and O–H groups in total. The van der Waals surface area contributed by atoms with Crippen LogP contribution in [0.25, 0.3) is 67.6 Å². The Labute approximate surface area is 202 Å². The summed E-state index contributed by atoms with van der Waals surface area (Å²) in [5.74, 6) is 1.31. The Bertz CT molecular complexity index is 1730. The molecule has 1 aromatic carbocycles. The number of pyridine rings is 4. The van der Waals surface area contributed by atoms with Crippen LogP contribution in [0.15, 0.2) is 94.5 Å². The predicted molar refractivity (Wildman–Crippen MR) is 130 cm³/mol. The van der Waals surface area contributed by atoms with Crippen molar-refractivity contribution < 1.29 is 8.83 Å². The molecule has 0 bridgehead atoms. The summed E-state index contributed by atoms with van der Waals surface area (Å²) in [6.45, 7) is 0. The van der Waals surface area contributed by atoms with E-state index < -0.39 is 0 Å². The molecule has 6 aromatic heterocycles. The van der Waals surface area contributed by atoms with Gasteiger partial charge in [-0.15, -0.1) is 20.4 Å². The minimum absolute atomic E-state index is 0.310. The van der Waals surface area contributed by atoms with Crippen LogP contribution in [0.2, 0.25) is 0 Å². The first-order chi connectivity index (χ1) is 17.8. The van der Waals surface area contributed by atoms with Crippen molar-refractivity contribution in [3.63, 3.8) is 0 Å². The van der Waals surface area contributed by atoms with Gasteiger partial charge in [0.2, 0.25) is 11.8 Å². The van der Waals surface area contributed by atoms with Crippen molar-refractivity contribution in [3.05, 3.63) is 85.7 Å². The summed E-state index contributed by atoms with van der Waals surface area (Å²) in [5, 5.41) is 20.5. The summed E-state index contributed by atoms with van der Waals surface area (Å²) in [7, 11) is 0. The van der Waals surface area contributed by atoms with E-state index in [1.54, 1.807) is 37.2 Å². The Kier molecular flexibility index (Phi) is 4.53. The average molecular weight is 470 g/mol. The number of hydrogen-bond donors (Lipinski definition) is 0. The van der Waals surface area contributed by atoms with Gasteiger partial charge in [-0.05, 0) is 53.2 Å². The van der Waals surface area contributed by atoms with Gasteiger partial charge in [0.15, 0.2) is 0 Å². The molecule has 0 aliphatic carbocycles. The smallest absolute Gasteiger partial charge is 0.267 e. The largest absolute Gasteiger partial charge is 0.415 e. The molecule has 6 heterocycles. The van der Waals surface area contributed by atoms with E-state index in [-0.39, 0.29) is 0 Å². The fourth-order valence-corrected chi connectivity index (χ4v) is 4.02. The maximum absolute atomic E-state index is 5.98. The van der Waals surface area contributed by atoms with Crippen molar-refractivity contribution in [2.24, 2.45) is 0 Å². The lowest BCUT2D eigenvalue weighted by molar-refractivity contribution is 0.581. The molecule has 36 heavy (non-hydrogen) atoms. The van der Waals surface area contributed by atoms with Crippen LogP contribution in [-0.4, -0.2) is 40.3 Å². The molecule has 0 atom stereocenters. The van der Waals surface area contributed by atoms with Gasteiger partial charge in [0.25, 0.3) is 11.8 Å². The fourth-order valence-electron chi connectivity index (χ4n) is 4.02. The molecule has 10 heteroatoms. The SMILES string of the molecule is c1cc(-c2nnc(-c3nccc4ccncc34)o2)cc(-c2nnc(-c3nccc4ccncc34)o2)c1. The minimum atomic E-state index is 0.310. The van der Waals surface area contributed by atoms with Gasteiger partial charge >= 0.3 is 0 Å². The number of hydrogen-bond acceptors (Lipinski definition) is 10. The van der Waals surface area contributed by atoms with Crippen LogP contribution in [0.5, 0.6) is 0 Å². The van der Waals surface area contributed by atoms with Crippen LogP contribution in [0, 0.1) is 0 Å². The van der Waals surface area contributed by atoms with Crippen LogP contribution in [0.3, 0.4) is 0 Å². The zero-order valence-electron chi connectivity index (χ0n) is 18.5. The summed E-state index contributed by atoms with van der Waals surface area (Å²) in [5.41, 5.74) is 2.57. The van der Waals surface area contributed by atoms with Crippen molar-refractivity contribution in [2.75, 3.05) is 0 Å². The summed E-state index contributed by atoms with van der Waals surface area (Å²) < 4.78 is 12.0. The molecule has 0 saturated heterocycles. The molecule has 0 fully saturated rings. The molecule has 0 radical (unpaired) electrons. The molecule has 0 saturated carbocycles. The molecule has 170 valence electrons. The summed E-state index contributed by atoms with van der Waals surface area (Å²) in [4.78, 5) is 17.2. The number of rotatable bonds is 4. The number of aromatic nitrogens is 8. The number of benzene rings is 1. The van der Waals surface area contributed by atoms with Gasteiger partial charge in [-0.1, -0.05) is 6.07 Å². The summed E-state index contributed by atoms with van der Waals surface area (Å²) in [6.07, 6.45) is 10.3. The van der Waals surface area contributed by atoms with Crippen molar-refractivity contribution in [1.29, 1.82) is 0 Å². The predicted octanol–water partition coefficient (Wildman–Crippen LogP) is 5.01. The van der Waals surface area contributed by atoms with Gasteiger partial charge in [-0.2, -0.15) is 0 Å².